The summed E-state index contributed by atoms with van der Waals surface area (Å²) in [6, 6.07) is -0.560. The molecule has 4 N–H and O–H groups in total. The van der Waals surface area contributed by atoms with Crippen LogP contribution in [0.25, 0.3) is 0 Å². The Morgan fingerprint density at radius 2 is 2.20 bits per heavy atom. The fourth-order valence-electron chi connectivity index (χ4n) is 1.24. The molecule has 0 fully saturated rings. The van der Waals surface area contributed by atoms with Crippen LogP contribution >= 0.6 is 12.2 Å². The molecule has 0 rings (SSSR count). The van der Waals surface area contributed by atoms with Crippen LogP contribution < -0.4 is 11.1 Å². The van der Waals surface area contributed by atoms with Crippen molar-refractivity contribution in [2.75, 3.05) is 6.54 Å². The quantitative estimate of drug-likeness (QED) is 0.434. The van der Waals surface area contributed by atoms with E-state index in [9.17, 15) is 4.79 Å². The molecule has 0 aliphatic heterocycles. The average Bonchev–Trinajstić information content (AvgIpc) is 2.16. The molecule has 88 valence electrons. The van der Waals surface area contributed by atoms with Gasteiger partial charge >= 0.3 is 5.97 Å². The lowest BCUT2D eigenvalue weighted by Gasteiger charge is -2.15. The fourth-order valence-corrected chi connectivity index (χ4v) is 1.59. The maximum Gasteiger partial charge on any atom is 0.326 e. The summed E-state index contributed by atoms with van der Waals surface area (Å²) < 4.78 is 0. The van der Waals surface area contributed by atoms with E-state index in [4.69, 9.17) is 23.1 Å². The molecule has 0 heterocycles. The number of thiocarbonyl (C=S) groups is 1. The van der Waals surface area contributed by atoms with Crippen LogP contribution in [0.3, 0.4) is 0 Å². The number of nitrogens with one attached hydrogen (secondary N) is 1. The van der Waals surface area contributed by atoms with Crippen LogP contribution in [-0.4, -0.2) is 28.7 Å². The Labute approximate surface area is 96.2 Å². The van der Waals surface area contributed by atoms with Crippen LogP contribution in [0.1, 0.15) is 39.0 Å². The van der Waals surface area contributed by atoms with Gasteiger partial charge in [0.1, 0.15) is 6.04 Å². The van der Waals surface area contributed by atoms with E-state index in [1.807, 2.05) is 6.92 Å². The summed E-state index contributed by atoms with van der Waals surface area (Å²) in [5, 5.41) is 11.8. The highest BCUT2D eigenvalue weighted by molar-refractivity contribution is 7.80. The van der Waals surface area contributed by atoms with Gasteiger partial charge in [-0.25, -0.2) is 4.79 Å². The number of hydrogen-bond acceptors (Lipinski definition) is 3. The standard InChI is InChI=1S/C10H20N2O2S/c1-2-5-9(15)12-8(10(13)14)6-3-4-7-11/h8H,2-7,11H2,1H3,(H,12,15)(H,13,14)/t8-/m0/s1. The smallest absolute Gasteiger partial charge is 0.326 e. The van der Waals surface area contributed by atoms with Gasteiger partial charge in [0.05, 0.1) is 4.99 Å². The van der Waals surface area contributed by atoms with Crippen LogP contribution in [0.4, 0.5) is 0 Å². The number of rotatable bonds is 8. The Bertz CT molecular complexity index is 210. The van der Waals surface area contributed by atoms with Crippen molar-refractivity contribution in [3.05, 3.63) is 0 Å². The van der Waals surface area contributed by atoms with Crippen molar-refractivity contribution < 1.29 is 9.90 Å². The Hall–Kier alpha value is -0.680. The monoisotopic (exact) mass is 232 g/mol. The average molecular weight is 232 g/mol. The second kappa shape index (κ2) is 8.61. The summed E-state index contributed by atoms with van der Waals surface area (Å²) >= 11 is 5.03. The number of carboxylic acid groups (broad SMARTS) is 1. The molecule has 0 radical (unpaired) electrons. The van der Waals surface area contributed by atoms with Crippen molar-refractivity contribution in [2.24, 2.45) is 5.73 Å². The zero-order valence-corrected chi connectivity index (χ0v) is 9.98. The molecule has 0 aromatic carbocycles. The van der Waals surface area contributed by atoms with E-state index in [-0.39, 0.29) is 0 Å². The molecule has 0 amide bonds. The summed E-state index contributed by atoms with van der Waals surface area (Å²) in [4.78, 5) is 11.5. The first-order valence-electron chi connectivity index (χ1n) is 5.34. The van der Waals surface area contributed by atoms with Gasteiger partial charge in [0, 0.05) is 0 Å². The Morgan fingerprint density at radius 3 is 2.67 bits per heavy atom. The SMILES string of the molecule is CCCC(=S)N[C@@H](CCCCN)C(=O)O. The second-order valence-corrected chi connectivity index (χ2v) is 3.99. The van der Waals surface area contributed by atoms with E-state index < -0.39 is 12.0 Å². The highest BCUT2D eigenvalue weighted by atomic mass is 32.1. The predicted octanol–water partition coefficient (Wildman–Crippen LogP) is 1.29. The minimum Gasteiger partial charge on any atom is -0.480 e. The summed E-state index contributed by atoms with van der Waals surface area (Å²) in [7, 11) is 0. The van der Waals surface area contributed by atoms with Gasteiger partial charge < -0.3 is 16.2 Å². The molecule has 0 saturated heterocycles. The molecular formula is C10H20N2O2S. The number of carbonyl (C=O) groups is 1. The summed E-state index contributed by atoms with van der Waals surface area (Å²) in [6.45, 7) is 2.62. The van der Waals surface area contributed by atoms with Crippen molar-refractivity contribution in [1.29, 1.82) is 0 Å². The summed E-state index contributed by atoms with van der Waals surface area (Å²) in [5.41, 5.74) is 5.35. The van der Waals surface area contributed by atoms with Gasteiger partial charge in [0.25, 0.3) is 0 Å². The third kappa shape index (κ3) is 7.27. The van der Waals surface area contributed by atoms with Crippen LogP contribution in [0.15, 0.2) is 0 Å². The molecule has 0 saturated carbocycles. The maximum absolute atomic E-state index is 10.9. The largest absolute Gasteiger partial charge is 0.480 e. The molecule has 0 unspecified atom stereocenters. The van der Waals surface area contributed by atoms with E-state index in [0.717, 1.165) is 25.7 Å². The summed E-state index contributed by atoms with van der Waals surface area (Å²) in [5.74, 6) is -0.842. The number of unbranched alkanes of at least 4 members (excludes halogenated alkanes) is 1. The van der Waals surface area contributed by atoms with Crippen LogP contribution in [0.2, 0.25) is 0 Å². The van der Waals surface area contributed by atoms with Gasteiger partial charge in [-0.05, 0) is 38.6 Å². The minimum atomic E-state index is -0.842. The molecule has 0 spiro atoms. The lowest BCUT2D eigenvalue weighted by Crippen LogP contribution is -2.39. The third-order valence-electron chi connectivity index (χ3n) is 2.06. The van der Waals surface area contributed by atoms with Crippen LogP contribution in [0.5, 0.6) is 0 Å². The first kappa shape index (κ1) is 14.3. The first-order valence-corrected chi connectivity index (χ1v) is 5.74. The molecule has 1 atom stereocenters. The number of carboxylic acids is 1. The number of nitrogens with two attached hydrogens (primary N) is 1. The van der Waals surface area contributed by atoms with Gasteiger partial charge in [-0.1, -0.05) is 19.1 Å². The van der Waals surface area contributed by atoms with Gasteiger partial charge in [-0.2, -0.15) is 0 Å². The second-order valence-electron chi connectivity index (χ2n) is 3.49. The lowest BCUT2D eigenvalue weighted by molar-refractivity contribution is -0.139. The Kier molecular flexibility index (Phi) is 8.22. The minimum absolute atomic E-state index is 0.560. The van der Waals surface area contributed by atoms with E-state index in [1.165, 1.54) is 0 Å². The molecular weight excluding hydrogens is 212 g/mol. The molecule has 0 aliphatic carbocycles. The van der Waals surface area contributed by atoms with Crippen LogP contribution in [-0.2, 0) is 4.79 Å². The Balaban J connectivity index is 3.93. The van der Waals surface area contributed by atoms with E-state index in [0.29, 0.717) is 18.0 Å². The van der Waals surface area contributed by atoms with Crippen molar-refractivity contribution >= 4 is 23.2 Å². The third-order valence-corrected chi connectivity index (χ3v) is 2.38. The van der Waals surface area contributed by atoms with Gasteiger partial charge in [0.2, 0.25) is 0 Å². The zero-order chi connectivity index (χ0) is 11.7. The predicted molar refractivity (Wildman–Crippen MR) is 65.0 cm³/mol. The number of hydrogen-bond donors (Lipinski definition) is 3. The first-order chi connectivity index (χ1) is 7.11. The molecule has 0 aliphatic rings. The molecule has 4 nitrogen and oxygen atoms in total. The number of aliphatic carboxylic acids is 1. The zero-order valence-electron chi connectivity index (χ0n) is 9.16. The molecule has 0 aromatic rings. The summed E-state index contributed by atoms with van der Waals surface area (Å²) in [6.07, 6.45) is 3.93. The normalized spacial score (nSPS) is 12.1. The van der Waals surface area contributed by atoms with E-state index in [1.54, 1.807) is 0 Å². The highest BCUT2D eigenvalue weighted by Crippen LogP contribution is 2.02. The molecule has 15 heavy (non-hydrogen) atoms. The topological polar surface area (TPSA) is 75.3 Å². The van der Waals surface area contributed by atoms with Crippen molar-refractivity contribution in [1.82, 2.24) is 5.32 Å². The molecule has 0 aromatic heterocycles. The van der Waals surface area contributed by atoms with Gasteiger partial charge in [-0.3, -0.25) is 0 Å². The van der Waals surface area contributed by atoms with Gasteiger partial charge in [0.15, 0.2) is 0 Å². The van der Waals surface area contributed by atoms with Crippen molar-refractivity contribution in [2.45, 2.75) is 45.1 Å². The van der Waals surface area contributed by atoms with Gasteiger partial charge in [-0.15, -0.1) is 0 Å². The van der Waals surface area contributed by atoms with E-state index in [2.05, 4.69) is 5.32 Å². The fraction of sp³-hybridized carbons (Fsp3) is 0.800. The highest BCUT2D eigenvalue weighted by Gasteiger charge is 2.16. The molecule has 5 heteroatoms. The van der Waals surface area contributed by atoms with Crippen molar-refractivity contribution in [3.8, 4) is 0 Å². The lowest BCUT2D eigenvalue weighted by atomic mass is 10.1. The van der Waals surface area contributed by atoms with Crippen LogP contribution in [0, 0.1) is 0 Å². The van der Waals surface area contributed by atoms with Crippen molar-refractivity contribution in [3.63, 3.8) is 0 Å². The molecule has 0 bridgehead atoms. The van der Waals surface area contributed by atoms with E-state index >= 15 is 0 Å². The maximum atomic E-state index is 10.9. The Morgan fingerprint density at radius 1 is 1.53 bits per heavy atom.